The Hall–Kier alpha value is -1.84. The fourth-order valence-electron chi connectivity index (χ4n) is 1.70. The number of nitrogens with one attached hydrogen (secondary N) is 1. The van der Waals surface area contributed by atoms with E-state index in [1.807, 2.05) is 44.2 Å². The monoisotopic (exact) mass is 249 g/mol. The molecule has 0 radical (unpaired) electrons. The molecule has 0 fully saturated rings. The van der Waals surface area contributed by atoms with Crippen molar-refractivity contribution in [1.82, 2.24) is 5.32 Å². The highest BCUT2D eigenvalue weighted by molar-refractivity contribution is 5.69. The zero-order valence-electron chi connectivity index (χ0n) is 10.8. The molecule has 0 aliphatic rings. The first-order chi connectivity index (χ1) is 8.63. The Labute approximate surface area is 107 Å². The van der Waals surface area contributed by atoms with Crippen molar-refractivity contribution in [3.8, 4) is 0 Å². The molecule has 1 rings (SSSR count). The van der Waals surface area contributed by atoms with Gasteiger partial charge in [0.2, 0.25) is 6.41 Å². The van der Waals surface area contributed by atoms with Crippen molar-refractivity contribution in [3.63, 3.8) is 0 Å². The highest BCUT2D eigenvalue weighted by Gasteiger charge is 2.13. The maximum atomic E-state index is 11.5. The standard InChI is InChI=1S/C14H19NO3/c1-11(2)18-14(17)9-8-13(15-10-16)12-6-4-3-5-7-12/h3-7,10-11,13H,8-9H2,1-2H3,(H,15,16). The van der Waals surface area contributed by atoms with Gasteiger partial charge in [0.25, 0.3) is 0 Å². The van der Waals surface area contributed by atoms with Gasteiger partial charge >= 0.3 is 5.97 Å². The number of hydrogen-bond acceptors (Lipinski definition) is 3. The van der Waals surface area contributed by atoms with Gasteiger partial charge in [-0.05, 0) is 25.8 Å². The minimum absolute atomic E-state index is 0.105. The third-order valence-corrected chi connectivity index (χ3v) is 2.48. The summed E-state index contributed by atoms with van der Waals surface area (Å²) in [6.45, 7) is 3.63. The van der Waals surface area contributed by atoms with E-state index in [2.05, 4.69) is 5.32 Å². The fraction of sp³-hybridized carbons (Fsp3) is 0.429. The van der Waals surface area contributed by atoms with Crippen LogP contribution in [-0.4, -0.2) is 18.5 Å². The first-order valence-electron chi connectivity index (χ1n) is 6.07. The average molecular weight is 249 g/mol. The molecule has 1 unspecified atom stereocenters. The molecule has 1 amide bonds. The molecule has 4 heteroatoms. The number of rotatable bonds is 7. The molecule has 1 atom stereocenters. The van der Waals surface area contributed by atoms with Gasteiger partial charge in [-0.15, -0.1) is 0 Å². The van der Waals surface area contributed by atoms with Crippen molar-refractivity contribution in [2.45, 2.75) is 38.8 Å². The molecule has 1 aromatic carbocycles. The lowest BCUT2D eigenvalue weighted by Gasteiger charge is -2.16. The van der Waals surface area contributed by atoms with Gasteiger partial charge in [0.1, 0.15) is 0 Å². The highest BCUT2D eigenvalue weighted by atomic mass is 16.5. The summed E-state index contributed by atoms with van der Waals surface area (Å²) < 4.78 is 5.06. The first-order valence-corrected chi connectivity index (χ1v) is 6.07. The zero-order valence-corrected chi connectivity index (χ0v) is 10.8. The summed E-state index contributed by atoms with van der Waals surface area (Å²) in [5.74, 6) is -0.237. The molecule has 1 N–H and O–H groups in total. The van der Waals surface area contributed by atoms with Crippen LogP contribution in [0.2, 0.25) is 0 Å². The molecule has 18 heavy (non-hydrogen) atoms. The van der Waals surface area contributed by atoms with Crippen LogP contribution in [-0.2, 0) is 14.3 Å². The summed E-state index contributed by atoms with van der Waals surface area (Å²) in [7, 11) is 0. The van der Waals surface area contributed by atoms with E-state index in [0.29, 0.717) is 19.3 Å². The molecule has 0 aromatic heterocycles. The molecule has 0 aliphatic carbocycles. The van der Waals surface area contributed by atoms with E-state index < -0.39 is 0 Å². The normalized spacial score (nSPS) is 11.9. The molecule has 0 aliphatic heterocycles. The Morgan fingerprint density at radius 2 is 2.00 bits per heavy atom. The first kappa shape index (κ1) is 14.2. The number of hydrogen-bond donors (Lipinski definition) is 1. The number of benzene rings is 1. The minimum Gasteiger partial charge on any atom is -0.463 e. The number of carbonyl (C=O) groups excluding carboxylic acids is 2. The summed E-state index contributed by atoms with van der Waals surface area (Å²) >= 11 is 0. The van der Waals surface area contributed by atoms with Gasteiger partial charge in [-0.2, -0.15) is 0 Å². The predicted octanol–water partition coefficient (Wildman–Crippen LogP) is 2.21. The number of carbonyl (C=O) groups is 2. The second-order valence-electron chi connectivity index (χ2n) is 4.33. The second-order valence-corrected chi connectivity index (χ2v) is 4.33. The van der Waals surface area contributed by atoms with Gasteiger partial charge in [0, 0.05) is 6.42 Å². The maximum absolute atomic E-state index is 11.5. The van der Waals surface area contributed by atoms with Crippen molar-refractivity contribution >= 4 is 12.4 Å². The molecule has 0 heterocycles. The average Bonchev–Trinajstić information content (AvgIpc) is 2.34. The highest BCUT2D eigenvalue weighted by Crippen LogP contribution is 2.18. The van der Waals surface area contributed by atoms with E-state index in [0.717, 1.165) is 5.56 Å². The Morgan fingerprint density at radius 3 is 2.56 bits per heavy atom. The van der Waals surface area contributed by atoms with Crippen LogP contribution >= 0.6 is 0 Å². The zero-order chi connectivity index (χ0) is 13.4. The Morgan fingerprint density at radius 1 is 1.33 bits per heavy atom. The van der Waals surface area contributed by atoms with Crippen LogP contribution in [0.3, 0.4) is 0 Å². The van der Waals surface area contributed by atoms with Crippen molar-refractivity contribution < 1.29 is 14.3 Å². The molecule has 0 saturated carbocycles. The van der Waals surface area contributed by atoms with Gasteiger partial charge in [-0.1, -0.05) is 30.3 Å². The topological polar surface area (TPSA) is 55.4 Å². The quantitative estimate of drug-likeness (QED) is 0.595. The van der Waals surface area contributed by atoms with Crippen LogP contribution < -0.4 is 5.32 Å². The maximum Gasteiger partial charge on any atom is 0.306 e. The third kappa shape index (κ3) is 4.99. The van der Waals surface area contributed by atoms with Crippen molar-refractivity contribution in [2.75, 3.05) is 0 Å². The predicted molar refractivity (Wildman–Crippen MR) is 68.8 cm³/mol. The largest absolute Gasteiger partial charge is 0.463 e. The lowest BCUT2D eigenvalue weighted by Crippen LogP contribution is -2.21. The number of ether oxygens (including phenoxy) is 1. The second kappa shape index (κ2) is 7.48. The lowest BCUT2D eigenvalue weighted by atomic mass is 10.0. The van der Waals surface area contributed by atoms with Crippen molar-refractivity contribution in [1.29, 1.82) is 0 Å². The van der Waals surface area contributed by atoms with E-state index in [9.17, 15) is 9.59 Å². The van der Waals surface area contributed by atoms with Crippen LogP contribution in [0.5, 0.6) is 0 Å². The minimum atomic E-state index is -0.237. The smallest absolute Gasteiger partial charge is 0.306 e. The molecule has 1 aromatic rings. The summed E-state index contributed by atoms with van der Waals surface area (Å²) in [5, 5.41) is 2.72. The van der Waals surface area contributed by atoms with Gasteiger partial charge < -0.3 is 10.1 Å². The summed E-state index contributed by atoms with van der Waals surface area (Å²) in [6.07, 6.45) is 1.38. The van der Waals surface area contributed by atoms with Crippen LogP contribution in [0.15, 0.2) is 30.3 Å². The van der Waals surface area contributed by atoms with Crippen LogP contribution in [0.4, 0.5) is 0 Å². The lowest BCUT2D eigenvalue weighted by molar-refractivity contribution is -0.147. The van der Waals surface area contributed by atoms with Crippen molar-refractivity contribution in [2.24, 2.45) is 0 Å². The van der Waals surface area contributed by atoms with E-state index >= 15 is 0 Å². The number of amides is 1. The van der Waals surface area contributed by atoms with Crippen LogP contribution in [0.1, 0.15) is 38.3 Å². The van der Waals surface area contributed by atoms with Crippen LogP contribution in [0, 0.1) is 0 Å². The van der Waals surface area contributed by atoms with Crippen molar-refractivity contribution in [3.05, 3.63) is 35.9 Å². The third-order valence-electron chi connectivity index (χ3n) is 2.48. The molecule has 0 bridgehead atoms. The van der Waals surface area contributed by atoms with Crippen LogP contribution in [0.25, 0.3) is 0 Å². The van der Waals surface area contributed by atoms with E-state index in [4.69, 9.17) is 4.74 Å². The molecule has 0 spiro atoms. The molecule has 4 nitrogen and oxygen atoms in total. The van der Waals surface area contributed by atoms with E-state index in [1.54, 1.807) is 0 Å². The Kier molecular flexibility index (Phi) is 5.91. The summed E-state index contributed by atoms with van der Waals surface area (Å²) in [4.78, 5) is 22.0. The Bertz CT molecular complexity index is 376. The van der Waals surface area contributed by atoms with Gasteiger partial charge in [0.15, 0.2) is 0 Å². The van der Waals surface area contributed by atoms with E-state index in [-0.39, 0.29) is 18.1 Å². The van der Waals surface area contributed by atoms with E-state index in [1.165, 1.54) is 0 Å². The van der Waals surface area contributed by atoms with Gasteiger partial charge in [-0.25, -0.2) is 0 Å². The number of esters is 1. The SMILES string of the molecule is CC(C)OC(=O)CCC(NC=O)c1ccccc1. The molecular formula is C14H19NO3. The van der Waals surface area contributed by atoms with Gasteiger partial charge in [-0.3, -0.25) is 9.59 Å². The molecule has 0 saturated heterocycles. The van der Waals surface area contributed by atoms with Gasteiger partial charge in [0.05, 0.1) is 12.1 Å². The summed E-state index contributed by atoms with van der Waals surface area (Å²) in [5.41, 5.74) is 0.988. The Balaban J connectivity index is 2.54. The molecule has 98 valence electrons. The molecular weight excluding hydrogens is 230 g/mol. The fourth-order valence-corrected chi connectivity index (χ4v) is 1.70. The summed E-state index contributed by atoms with van der Waals surface area (Å²) in [6, 6.07) is 9.42.